The Bertz CT molecular complexity index is 723. The first kappa shape index (κ1) is 25.2. The summed E-state index contributed by atoms with van der Waals surface area (Å²) in [7, 11) is 3.10. The molecular weight excluding hydrogens is 384 g/mol. The Kier molecular flexibility index (Phi) is 10.6. The zero-order chi connectivity index (χ0) is 22.7. The van der Waals surface area contributed by atoms with Crippen molar-refractivity contribution in [3.8, 4) is 11.5 Å². The first-order chi connectivity index (χ1) is 14.2. The molecule has 0 spiro atoms. The van der Waals surface area contributed by atoms with Crippen molar-refractivity contribution in [3.63, 3.8) is 0 Å². The van der Waals surface area contributed by atoms with E-state index in [-0.39, 0.29) is 17.7 Å². The zero-order valence-electron chi connectivity index (χ0n) is 18.7. The topological polar surface area (TPSA) is 93.7 Å². The first-order valence-corrected chi connectivity index (χ1v) is 10.2. The summed E-state index contributed by atoms with van der Waals surface area (Å²) < 4.78 is 10.5. The largest absolute Gasteiger partial charge is 0.497 e. The molecule has 0 aromatic heterocycles. The van der Waals surface area contributed by atoms with Crippen molar-refractivity contribution in [1.82, 2.24) is 10.6 Å². The van der Waals surface area contributed by atoms with E-state index in [0.717, 1.165) is 11.8 Å². The minimum atomic E-state index is -0.735. The van der Waals surface area contributed by atoms with Crippen LogP contribution in [0.4, 0.5) is 0 Å². The van der Waals surface area contributed by atoms with Gasteiger partial charge in [-0.3, -0.25) is 9.59 Å². The molecule has 0 heterocycles. The predicted octanol–water partition coefficient (Wildman–Crippen LogP) is 2.98. The summed E-state index contributed by atoms with van der Waals surface area (Å²) in [6.45, 7) is 7.80. The summed E-state index contributed by atoms with van der Waals surface area (Å²) >= 11 is 0. The fraction of sp³-hybridized carbons (Fsp3) is 0.522. The van der Waals surface area contributed by atoms with Gasteiger partial charge in [0, 0.05) is 12.1 Å². The molecule has 1 aromatic rings. The summed E-state index contributed by atoms with van der Waals surface area (Å²) in [5, 5.41) is 5.51. The van der Waals surface area contributed by atoms with Crippen LogP contribution >= 0.6 is 0 Å². The fourth-order valence-corrected chi connectivity index (χ4v) is 2.93. The van der Waals surface area contributed by atoms with Gasteiger partial charge in [-0.05, 0) is 42.0 Å². The molecule has 0 fully saturated rings. The molecule has 0 bridgehead atoms. The van der Waals surface area contributed by atoms with Gasteiger partial charge in [-0.25, -0.2) is 0 Å². The van der Waals surface area contributed by atoms with E-state index in [0.29, 0.717) is 24.3 Å². The summed E-state index contributed by atoms with van der Waals surface area (Å²) in [5.41, 5.74) is 0.726. The third-order valence-electron chi connectivity index (χ3n) is 4.81. The molecule has 3 atom stereocenters. The number of carbonyl (C=O) groups excluding carboxylic acids is 3. The van der Waals surface area contributed by atoms with Crippen molar-refractivity contribution in [2.75, 3.05) is 14.2 Å². The van der Waals surface area contributed by atoms with Gasteiger partial charge in [-0.1, -0.05) is 34.1 Å². The van der Waals surface area contributed by atoms with E-state index < -0.39 is 18.0 Å². The minimum absolute atomic E-state index is 0.0920. The molecule has 0 aliphatic carbocycles. The number of amides is 2. The summed E-state index contributed by atoms with van der Waals surface area (Å²) in [4.78, 5) is 36.5. The third kappa shape index (κ3) is 8.27. The van der Waals surface area contributed by atoms with Gasteiger partial charge >= 0.3 is 0 Å². The molecule has 0 radical (unpaired) electrons. The Balaban J connectivity index is 2.90. The molecule has 0 saturated heterocycles. The van der Waals surface area contributed by atoms with Crippen LogP contribution in [0.5, 0.6) is 11.5 Å². The van der Waals surface area contributed by atoms with Crippen LogP contribution < -0.4 is 20.1 Å². The molecule has 30 heavy (non-hydrogen) atoms. The summed E-state index contributed by atoms with van der Waals surface area (Å²) in [5.74, 6) is 0.633. The van der Waals surface area contributed by atoms with E-state index in [4.69, 9.17) is 9.47 Å². The Morgan fingerprint density at radius 2 is 1.63 bits per heavy atom. The van der Waals surface area contributed by atoms with E-state index in [1.807, 2.05) is 27.7 Å². The van der Waals surface area contributed by atoms with Crippen LogP contribution in [0.1, 0.15) is 46.1 Å². The Labute approximate surface area is 179 Å². The fourth-order valence-electron chi connectivity index (χ4n) is 2.93. The van der Waals surface area contributed by atoms with Gasteiger partial charge in [0.1, 0.15) is 23.8 Å². The quantitative estimate of drug-likeness (QED) is 0.402. The molecule has 2 amide bonds. The van der Waals surface area contributed by atoms with E-state index in [9.17, 15) is 14.4 Å². The second kappa shape index (κ2) is 12.7. The molecule has 1 unspecified atom stereocenters. The highest BCUT2D eigenvalue weighted by Crippen LogP contribution is 2.23. The monoisotopic (exact) mass is 418 g/mol. The first-order valence-electron chi connectivity index (χ1n) is 10.2. The lowest BCUT2D eigenvalue weighted by molar-refractivity contribution is -0.130. The highest BCUT2D eigenvalue weighted by atomic mass is 16.5. The molecule has 166 valence electrons. The number of methoxy groups -OCH3 is 2. The molecule has 7 nitrogen and oxygen atoms in total. The highest BCUT2D eigenvalue weighted by molar-refractivity contribution is 5.96. The van der Waals surface area contributed by atoms with E-state index >= 15 is 0 Å². The van der Waals surface area contributed by atoms with Crippen LogP contribution in [0, 0.1) is 11.8 Å². The maximum atomic E-state index is 12.7. The van der Waals surface area contributed by atoms with Crippen molar-refractivity contribution < 1.29 is 23.9 Å². The normalized spacial score (nSPS) is 14.1. The maximum absolute atomic E-state index is 12.7. The second-order valence-electron chi connectivity index (χ2n) is 7.73. The van der Waals surface area contributed by atoms with Gasteiger partial charge in [-0.2, -0.15) is 0 Å². The predicted molar refractivity (Wildman–Crippen MR) is 117 cm³/mol. The molecule has 1 aromatic carbocycles. The van der Waals surface area contributed by atoms with E-state index in [1.165, 1.54) is 6.08 Å². The van der Waals surface area contributed by atoms with Gasteiger partial charge in [-0.15, -0.1) is 0 Å². The van der Waals surface area contributed by atoms with Crippen LogP contribution in [0.2, 0.25) is 0 Å². The van der Waals surface area contributed by atoms with Crippen LogP contribution in [0.3, 0.4) is 0 Å². The number of nitrogens with one attached hydrogen (secondary N) is 2. The van der Waals surface area contributed by atoms with Crippen molar-refractivity contribution >= 4 is 24.2 Å². The summed E-state index contributed by atoms with van der Waals surface area (Å²) in [6.07, 6.45) is 4.98. The molecule has 0 aliphatic heterocycles. The van der Waals surface area contributed by atoms with Crippen molar-refractivity contribution in [2.24, 2.45) is 11.8 Å². The Morgan fingerprint density at radius 1 is 1.03 bits per heavy atom. The van der Waals surface area contributed by atoms with Crippen molar-refractivity contribution in [3.05, 3.63) is 29.8 Å². The van der Waals surface area contributed by atoms with Crippen molar-refractivity contribution in [1.29, 1.82) is 0 Å². The highest BCUT2D eigenvalue weighted by Gasteiger charge is 2.27. The molecular formula is C23H34N2O5. The van der Waals surface area contributed by atoms with Gasteiger partial charge in [0.25, 0.3) is 0 Å². The smallest absolute Gasteiger partial charge is 0.244 e. The van der Waals surface area contributed by atoms with Crippen molar-refractivity contribution in [2.45, 2.75) is 52.6 Å². The SMILES string of the molecule is CCC(C)[C@H](NC(=O)/C=C/c1cc(OC)cc(OC)c1)C(=O)N[C@H](C=O)CC(C)C. The maximum Gasteiger partial charge on any atom is 0.244 e. The van der Waals surface area contributed by atoms with Gasteiger partial charge in [0.2, 0.25) is 11.8 Å². The van der Waals surface area contributed by atoms with Crippen LogP contribution in [-0.2, 0) is 14.4 Å². The number of rotatable bonds is 12. The zero-order valence-corrected chi connectivity index (χ0v) is 18.7. The van der Waals surface area contributed by atoms with Gasteiger partial charge < -0.3 is 24.9 Å². The summed E-state index contributed by atoms with van der Waals surface area (Å²) in [6, 6.07) is 3.97. The number of carbonyl (C=O) groups is 3. The number of hydrogen-bond acceptors (Lipinski definition) is 5. The lowest BCUT2D eigenvalue weighted by Gasteiger charge is -2.25. The molecule has 7 heteroatoms. The van der Waals surface area contributed by atoms with Crippen LogP contribution in [-0.4, -0.2) is 44.4 Å². The lowest BCUT2D eigenvalue weighted by atomic mass is 9.97. The van der Waals surface area contributed by atoms with Gasteiger partial charge in [0.15, 0.2) is 0 Å². The Morgan fingerprint density at radius 3 is 2.10 bits per heavy atom. The number of hydrogen-bond donors (Lipinski definition) is 2. The van der Waals surface area contributed by atoms with E-state index in [2.05, 4.69) is 10.6 Å². The Hall–Kier alpha value is -2.83. The molecule has 0 aliphatic rings. The molecule has 1 rings (SSSR count). The minimum Gasteiger partial charge on any atom is -0.497 e. The third-order valence-corrected chi connectivity index (χ3v) is 4.81. The average molecular weight is 419 g/mol. The van der Waals surface area contributed by atoms with Gasteiger partial charge in [0.05, 0.1) is 20.3 Å². The molecule has 2 N–H and O–H groups in total. The number of aldehydes is 1. The average Bonchev–Trinajstić information content (AvgIpc) is 2.74. The second-order valence-corrected chi connectivity index (χ2v) is 7.73. The van der Waals surface area contributed by atoms with Crippen LogP contribution in [0.15, 0.2) is 24.3 Å². The lowest BCUT2D eigenvalue weighted by Crippen LogP contribution is -2.52. The number of benzene rings is 1. The standard InChI is InChI=1S/C23H34N2O5/c1-7-16(4)22(23(28)24-18(14-26)10-15(2)3)25-21(27)9-8-17-11-19(29-5)13-20(12-17)30-6/h8-9,11-16,18,22H,7,10H2,1-6H3,(H,24,28)(H,25,27)/b9-8+/t16?,18-,22-/m0/s1. The molecule has 0 saturated carbocycles. The van der Waals surface area contributed by atoms with Crippen LogP contribution in [0.25, 0.3) is 6.08 Å². The van der Waals surface area contributed by atoms with E-state index in [1.54, 1.807) is 38.5 Å². The number of ether oxygens (including phenoxy) is 2.